The fraction of sp³-hybridized carbons (Fsp3) is 0.0769. The summed E-state index contributed by atoms with van der Waals surface area (Å²) in [5.74, 6) is -0.930. The van der Waals surface area contributed by atoms with Crippen LogP contribution in [0.15, 0.2) is 87.9 Å². The molecule has 162 valence electrons. The molecular weight excluding hydrogens is 420 g/mol. The van der Waals surface area contributed by atoms with Crippen LogP contribution in [0.1, 0.15) is 28.6 Å². The highest BCUT2D eigenvalue weighted by molar-refractivity contribution is 6.19. The molecule has 0 saturated heterocycles. The Morgan fingerprint density at radius 3 is 2.61 bits per heavy atom. The molecule has 0 radical (unpaired) electrons. The van der Waals surface area contributed by atoms with E-state index < -0.39 is 17.8 Å². The minimum absolute atomic E-state index is 0.116. The summed E-state index contributed by atoms with van der Waals surface area (Å²) >= 11 is 0. The molecule has 7 nitrogen and oxygen atoms in total. The summed E-state index contributed by atoms with van der Waals surface area (Å²) in [6, 6.07) is 21.4. The maximum Gasteiger partial charge on any atom is 0.338 e. The van der Waals surface area contributed by atoms with Crippen molar-refractivity contribution in [2.45, 2.75) is 13.5 Å². The molecule has 0 atom stereocenters. The third-order valence-corrected chi connectivity index (χ3v) is 5.10. The molecule has 1 aliphatic rings. The van der Waals surface area contributed by atoms with Crippen LogP contribution in [0.4, 0.5) is 0 Å². The standard InChI is InChI=1S/C26H18N2O5/c1-16-21(24(29)28-25(30)22(16)14-27)13-20-10-11-23(33-20)18-8-5-9-19(12-18)26(31)32-15-17-6-3-2-4-7-17/h2-13H,15H2,1H3,(H,28,29,30)/b21-13-. The minimum Gasteiger partial charge on any atom is -0.457 e. The van der Waals surface area contributed by atoms with Crippen LogP contribution in [-0.4, -0.2) is 17.8 Å². The number of benzene rings is 2. The number of nitriles is 1. The predicted octanol–water partition coefficient (Wildman–Crippen LogP) is 4.18. The van der Waals surface area contributed by atoms with Gasteiger partial charge in [0.05, 0.1) is 5.56 Å². The lowest BCUT2D eigenvalue weighted by Crippen LogP contribution is -2.37. The number of furan rings is 1. The molecule has 4 rings (SSSR count). The van der Waals surface area contributed by atoms with Crippen LogP contribution in [0.5, 0.6) is 0 Å². The third-order valence-electron chi connectivity index (χ3n) is 5.10. The van der Waals surface area contributed by atoms with E-state index in [4.69, 9.17) is 14.4 Å². The highest BCUT2D eigenvalue weighted by Gasteiger charge is 2.27. The number of carbonyl (C=O) groups excluding carboxylic acids is 3. The van der Waals surface area contributed by atoms with Crippen LogP contribution in [0.3, 0.4) is 0 Å². The van der Waals surface area contributed by atoms with E-state index in [1.807, 2.05) is 36.4 Å². The number of amides is 2. The van der Waals surface area contributed by atoms with Crippen molar-refractivity contribution >= 4 is 23.9 Å². The molecular formula is C26H18N2O5. The summed E-state index contributed by atoms with van der Waals surface area (Å²) < 4.78 is 11.2. The summed E-state index contributed by atoms with van der Waals surface area (Å²) in [5.41, 5.74) is 2.26. The number of esters is 1. The molecule has 0 fully saturated rings. The summed E-state index contributed by atoms with van der Waals surface area (Å²) in [6.45, 7) is 1.71. The van der Waals surface area contributed by atoms with Gasteiger partial charge in [0.15, 0.2) is 0 Å². The second-order valence-corrected chi connectivity index (χ2v) is 7.30. The van der Waals surface area contributed by atoms with Gasteiger partial charge in [0.2, 0.25) is 0 Å². The topological polar surface area (TPSA) is 109 Å². The maximum absolute atomic E-state index is 12.5. The van der Waals surface area contributed by atoms with Gasteiger partial charge in [-0.1, -0.05) is 42.5 Å². The van der Waals surface area contributed by atoms with Crippen LogP contribution in [0, 0.1) is 11.3 Å². The first-order chi connectivity index (χ1) is 16.0. The zero-order valence-electron chi connectivity index (χ0n) is 17.6. The van der Waals surface area contributed by atoms with Crippen molar-refractivity contribution in [3.63, 3.8) is 0 Å². The SMILES string of the molecule is CC1=C(C#N)C(=O)NC(=O)/C1=C\c1ccc(-c2cccc(C(=O)OCc3ccccc3)c2)o1. The van der Waals surface area contributed by atoms with Gasteiger partial charge in [-0.3, -0.25) is 14.9 Å². The lowest BCUT2D eigenvalue weighted by molar-refractivity contribution is -0.126. The van der Waals surface area contributed by atoms with Crippen molar-refractivity contribution in [1.82, 2.24) is 5.32 Å². The first kappa shape index (κ1) is 21.5. The molecule has 33 heavy (non-hydrogen) atoms. The summed E-state index contributed by atoms with van der Waals surface area (Å²) in [4.78, 5) is 36.4. The van der Waals surface area contributed by atoms with Gasteiger partial charge in [-0.2, -0.15) is 5.26 Å². The second kappa shape index (κ2) is 9.20. The molecule has 2 heterocycles. The first-order valence-electron chi connectivity index (χ1n) is 10.1. The van der Waals surface area contributed by atoms with E-state index in [1.54, 1.807) is 36.4 Å². The van der Waals surface area contributed by atoms with Crippen molar-refractivity contribution in [2.75, 3.05) is 0 Å². The number of ether oxygens (including phenoxy) is 1. The van der Waals surface area contributed by atoms with E-state index in [1.165, 1.54) is 13.0 Å². The van der Waals surface area contributed by atoms with Crippen molar-refractivity contribution < 1.29 is 23.5 Å². The Morgan fingerprint density at radius 1 is 1.06 bits per heavy atom. The van der Waals surface area contributed by atoms with E-state index >= 15 is 0 Å². The summed E-state index contributed by atoms with van der Waals surface area (Å²) in [5, 5.41) is 11.3. The van der Waals surface area contributed by atoms with Gasteiger partial charge in [-0.15, -0.1) is 0 Å². The molecule has 0 saturated carbocycles. The number of carbonyl (C=O) groups is 3. The average molecular weight is 438 g/mol. The molecule has 1 aliphatic heterocycles. The quantitative estimate of drug-likeness (QED) is 0.364. The molecule has 0 aliphatic carbocycles. The Hall–Kier alpha value is -4.70. The molecule has 1 aromatic heterocycles. The molecule has 2 amide bonds. The fourth-order valence-electron chi connectivity index (χ4n) is 3.35. The van der Waals surface area contributed by atoms with E-state index in [-0.39, 0.29) is 23.3 Å². The lowest BCUT2D eigenvalue weighted by Gasteiger charge is -2.15. The molecule has 0 unspecified atom stereocenters. The van der Waals surface area contributed by atoms with Crippen LogP contribution < -0.4 is 5.32 Å². The predicted molar refractivity (Wildman–Crippen MR) is 119 cm³/mol. The Balaban J connectivity index is 1.54. The van der Waals surface area contributed by atoms with Gasteiger partial charge in [0.1, 0.15) is 29.8 Å². The number of nitrogens with zero attached hydrogens (tertiary/aromatic N) is 1. The lowest BCUT2D eigenvalue weighted by atomic mass is 9.96. The van der Waals surface area contributed by atoms with Crippen LogP contribution >= 0.6 is 0 Å². The summed E-state index contributed by atoms with van der Waals surface area (Å²) in [6.07, 6.45) is 1.47. The number of imide groups is 1. The normalized spacial score (nSPS) is 14.7. The van der Waals surface area contributed by atoms with Crippen LogP contribution in [0.25, 0.3) is 17.4 Å². The van der Waals surface area contributed by atoms with E-state index in [0.29, 0.717) is 22.6 Å². The van der Waals surface area contributed by atoms with Gasteiger partial charge >= 0.3 is 5.97 Å². The molecule has 3 aromatic rings. The first-order valence-corrected chi connectivity index (χ1v) is 10.1. The number of hydrogen-bond donors (Lipinski definition) is 1. The minimum atomic E-state index is -0.715. The molecule has 0 spiro atoms. The van der Waals surface area contributed by atoms with Crippen LogP contribution in [0.2, 0.25) is 0 Å². The fourth-order valence-corrected chi connectivity index (χ4v) is 3.35. The average Bonchev–Trinajstić information content (AvgIpc) is 3.30. The van der Waals surface area contributed by atoms with E-state index in [0.717, 1.165) is 5.56 Å². The van der Waals surface area contributed by atoms with E-state index in [2.05, 4.69) is 5.32 Å². The monoisotopic (exact) mass is 438 g/mol. The second-order valence-electron chi connectivity index (χ2n) is 7.30. The molecule has 0 bridgehead atoms. The number of rotatable bonds is 5. The number of nitrogens with one attached hydrogen (secondary N) is 1. The Kier molecular flexibility index (Phi) is 6.00. The van der Waals surface area contributed by atoms with Gasteiger partial charge in [0, 0.05) is 11.1 Å². The Morgan fingerprint density at radius 2 is 1.85 bits per heavy atom. The Labute approximate surface area is 189 Å². The zero-order valence-corrected chi connectivity index (χ0v) is 17.6. The highest BCUT2D eigenvalue weighted by atomic mass is 16.5. The Bertz CT molecular complexity index is 1360. The van der Waals surface area contributed by atoms with Crippen molar-refractivity contribution in [3.05, 3.63) is 100 Å². The third kappa shape index (κ3) is 4.65. The highest BCUT2D eigenvalue weighted by Crippen LogP contribution is 2.27. The van der Waals surface area contributed by atoms with Crippen molar-refractivity contribution in [1.29, 1.82) is 5.26 Å². The van der Waals surface area contributed by atoms with Crippen LogP contribution in [-0.2, 0) is 20.9 Å². The molecule has 7 heteroatoms. The summed E-state index contributed by atoms with van der Waals surface area (Å²) in [7, 11) is 0. The largest absolute Gasteiger partial charge is 0.457 e. The maximum atomic E-state index is 12.5. The van der Waals surface area contributed by atoms with Crippen molar-refractivity contribution in [3.8, 4) is 17.4 Å². The van der Waals surface area contributed by atoms with Gasteiger partial charge in [-0.05, 0) is 48.4 Å². The van der Waals surface area contributed by atoms with E-state index in [9.17, 15) is 14.4 Å². The zero-order chi connectivity index (χ0) is 23.4. The molecule has 1 N–H and O–H groups in total. The van der Waals surface area contributed by atoms with Gasteiger partial charge in [0.25, 0.3) is 11.8 Å². The van der Waals surface area contributed by atoms with Gasteiger partial charge < -0.3 is 9.15 Å². The molecule has 2 aromatic carbocycles. The number of hydrogen-bond acceptors (Lipinski definition) is 6. The van der Waals surface area contributed by atoms with Crippen molar-refractivity contribution in [2.24, 2.45) is 0 Å². The van der Waals surface area contributed by atoms with Gasteiger partial charge in [-0.25, -0.2) is 4.79 Å². The smallest absolute Gasteiger partial charge is 0.338 e.